The molecule has 0 saturated carbocycles. The molecule has 1 N–H and O–H groups in total. The van der Waals surface area contributed by atoms with Crippen LogP contribution in [0.2, 0.25) is 0 Å². The van der Waals surface area contributed by atoms with E-state index < -0.39 is 5.38 Å². The van der Waals surface area contributed by atoms with E-state index in [-0.39, 0.29) is 5.91 Å². The van der Waals surface area contributed by atoms with Gasteiger partial charge in [0.1, 0.15) is 5.38 Å². The molecule has 0 radical (unpaired) electrons. The predicted octanol–water partition coefficient (Wildman–Crippen LogP) is 1.16. The van der Waals surface area contributed by atoms with Gasteiger partial charge in [0.25, 0.3) is 0 Å². The van der Waals surface area contributed by atoms with Crippen molar-refractivity contribution in [2.24, 2.45) is 5.92 Å². The maximum Gasteiger partial charge on any atom is 0.237 e. The van der Waals surface area contributed by atoms with Crippen molar-refractivity contribution in [2.45, 2.75) is 25.1 Å². The normalized spacial score (nSPS) is 24.3. The average Bonchev–Trinajstić information content (AvgIpc) is 2.56. The van der Waals surface area contributed by atoms with E-state index in [1.54, 1.807) is 6.92 Å². The Kier molecular flexibility index (Phi) is 4.53. The van der Waals surface area contributed by atoms with E-state index in [4.69, 9.17) is 16.3 Å². The lowest BCUT2D eigenvalue weighted by Crippen LogP contribution is -2.31. The molecule has 0 aromatic heterocycles. The number of carbonyl (C=O) groups is 1. The lowest BCUT2D eigenvalue weighted by atomic mass is 10.1. The smallest absolute Gasteiger partial charge is 0.237 e. The van der Waals surface area contributed by atoms with Gasteiger partial charge >= 0.3 is 0 Å². The van der Waals surface area contributed by atoms with E-state index in [0.717, 1.165) is 26.1 Å². The number of ether oxygens (including phenoxy) is 1. The second-order valence-electron chi connectivity index (χ2n) is 3.43. The van der Waals surface area contributed by atoms with Crippen LogP contribution in [0.3, 0.4) is 0 Å². The first-order valence-electron chi connectivity index (χ1n) is 4.69. The molecule has 4 heteroatoms. The molecule has 1 saturated heterocycles. The summed E-state index contributed by atoms with van der Waals surface area (Å²) in [6.07, 6.45) is 2.11. The Morgan fingerprint density at radius 3 is 3.08 bits per heavy atom. The van der Waals surface area contributed by atoms with Gasteiger partial charge in [-0.1, -0.05) is 0 Å². The third-order valence-corrected chi connectivity index (χ3v) is 2.44. The van der Waals surface area contributed by atoms with Crippen molar-refractivity contribution >= 4 is 17.5 Å². The summed E-state index contributed by atoms with van der Waals surface area (Å²) in [4.78, 5) is 11.0. The fourth-order valence-electron chi connectivity index (χ4n) is 1.35. The van der Waals surface area contributed by atoms with Crippen LogP contribution < -0.4 is 5.32 Å². The summed E-state index contributed by atoms with van der Waals surface area (Å²) < 4.78 is 5.22. The summed E-state index contributed by atoms with van der Waals surface area (Å²) in [6, 6.07) is 0. The zero-order valence-electron chi connectivity index (χ0n) is 7.88. The van der Waals surface area contributed by atoms with Crippen LogP contribution in [0.25, 0.3) is 0 Å². The number of hydrogen-bond donors (Lipinski definition) is 1. The number of amides is 1. The molecule has 2 atom stereocenters. The van der Waals surface area contributed by atoms with E-state index in [1.807, 2.05) is 0 Å². The first kappa shape index (κ1) is 10.8. The maximum atomic E-state index is 11.0. The number of nitrogens with one attached hydrogen (secondary N) is 1. The van der Waals surface area contributed by atoms with Gasteiger partial charge in [0.2, 0.25) is 5.91 Å². The molecule has 13 heavy (non-hydrogen) atoms. The molecule has 1 fully saturated rings. The number of alkyl halides is 1. The minimum absolute atomic E-state index is 0.0828. The van der Waals surface area contributed by atoms with Crippen molar-refractivity contribution in [1.82, 2.24) is 5.32 Å². The molecule has 1 amide bonds. The van der Waals surface area contributed by atoms with Crippen molar-refractivity contribution in [2.75, 3.05) is 19.8 Å². The number of halogens is 1. The summed E-state index contributed by atoms with van der Waals surface area (Å²) >= 11 is 5.59. The van der Waals surface area contributed by atoms with E-state index in [2.05, 4.69) is 5.32 Å². The Hall–Kier alpha value is -0.280. The molecule has 2 unspecified atom stereocenters. The topological polar surface area (TPSA) is 38.3 Å². The van der Waals surface area contributed by atoms with Crippen molar-refractivity contribution < 1.29 is 9.53 Å². The summed E-state index contributed by atoms with van der Waals surface area (Å²) in [5.41, 5.74) is 0. The molecule has 1 heterocycles. The molecule has 1 rings (SSSR count). The summed E-state index contributed by atoms with van der Waals surface area (Å²) in [7, 11) is 0. The molecular formula is C9H16ClNO2. The van der Waals surface area contributed by atoms with Crippen LogP contribution in [0.4, 0.5) is 0 Å². The molecule has 3 nitrogen and oxygen atoms in total. The molecule has 0 aromatic rings. The SMILES string of the molecule is CC(Cl)C(=O)NCCC1CCOC1. The lowest BCUT2D eigenvalue weighted by Gasteiger charge is -2.09. The Balaban J connectivity index is 2.03. The molecule has 0 bridgehead atoms. The molecule has 1 aliphatic rings. The van der Waals surface area contributed by atoms with Crippen molar-refractivity contribution in [3.8, 4) is 0 Å². The van der Waals surface area contributed by atoms with Gasteiger partial charge in [0.05, 0.1) is 0 Å². The standard InChI is InChI=1S/C9H16ClNO2/c1-7(10)9(12)11-4-2-8-3-5-13-6-8/h7-8H,2-6H2,1H3,(H,11,12). The van der Waals surface area contributed by atoms with E-state index in [1.165, 1.54) is 0 Å². The van der Waals surface area contributed by atoms with Gasteiger partial charge in [-0.3, -0.25) is 4.79 Å². The lowest BCUT2D eigenvalue weighted by molar-refractivity contribution is -0.120. The highest BCUT2D eigenvalue weighted by molar-refractivity contribution is 6.30. The Bertz CT molecular complexity index is 167. The molecular weight excluding hydrogens is 190 g/mol. The molecule has 1 aliphatic heterocycles. The van der Waals surface area contributed by atoms with Crippen molar-refractivity contribution in [3.63, 3.8) is 0 Å². The van der Waals surface area contributed by atoms with Crippen LogP contribution in [0, 0.1) is 5.92 Å². The van der Waals surface area contributed by atoms with Gasteiger partial charge in [0, 0.05) is 19.8 Å². The van der Waals surface area contributed by atoms with E-state index in [0.29, 0.717) is 12.5 Å². The molecule has 76 valence electrons. The Morgan fingerprint density at radius 2 is 2.54 bits per heavy atom. The Labute approximate surface area is 83.8 Å². The van der Waals surface area contributed by atoms with Crippen LogP contribution >= 0.6 is 11.6 Å². The predicted molar refractivity (Wildman–Crippen MR) is 51.9 cm³/mol. The number of rotatable bonds is 4. The van der Waals surface area contributed by atoms with Gasteiger partial charge < -0.3 is 10.1 Å². The molecule has 0 spiro atoms. The van der Waals surface area contributed by atoms with Gasteiger partial charge in [-0.15, -0.1) is 11.6 Å². The van der Waals surface area contributed by atoms with Gasteiger partial charge in [-0.2, -0.15) is 0 Å². The highest BCUT2D eigenvalue weighted by atomic mass is 35.5. The Morgan fingerprint density at radius 1 is 1.77 bits per heavy atom. The highest BCUT2D eigenvalue weighted by Crippen LogP contribution is 2.15. The van der Waals surface area contributed by atoms with Gasteiger partial charge in [-0.05, 0) is 25.7 Å². The summed E-state index contributed by atoms with van der Waals surface area (Å²) in [6.45, 7) is 4.09. The first-order chi connectivity index (χ1) is 6.20. The zero-order chi connectivity index (χ0) is 9.68. The van der Waals surface area contributed by atoms with Gasteiger partial charge in [0.15, 0.2) is 0 Å². The quantitative estimate of drug-likeness (QED) is 0.700. The second-order valence-corrected chi connectivity index (χ2v) is 4.08. The fourth-order valence-corrected chi connectivity index (χ4v) is 1.43. The number of carbonyl (C=O) groups excluding carboxylic acids is 1. The first-order valence-corrected chi connectivity index (χ1v) is 5.13. The van der Waals surface area contributed by atoms with Crippen LogP contribution in [0.1, 0.15) is 19.8 Å². The van der Waals surface area contributed by atoms with Crippen LogP contribution in [-0.2, 0) is 9.53 Å². The number of hydrogen-bond acceptors (Lipinski definition) is 2. The van der Waals surface area contributed by atoms with Crippen molar-refractivity contribution in [1.29, 1.82) is 0 Å². The van der Waals surface area contributed by atoms with E-state index >= 15 is 0 Å². The summed E-state index contributed by atoms with van der Waals surface area (Å²) in [5.74, 6) is 0.534. The average molecular weight is 206 g/mol. The molecule has 0 aromatic carbocycles. The minimum Gasteiger partial charge on any atom is -0.381 e. The van der Waals surface area contributed by atoms with Crippen LogP contribution in [-0.4, -0.2) is 31.0 Å². The third kappa shape index (κ3) is 3.96. The minimum atomic E-state index is -0.431. The fraction of sp³-hybridized carbons (Fsp3) is 0.889. The van der Waals surface area contributed by atoms with Crippen LogP contribution in [0.15, 0.2) is 0 Å². The van der Waals surface area contributed by atoms with E-state index in [9.17, 15) is 4.79 Å². The summed E-state index contributed by atoms with van der Waals surface area (Å²) in [5, 5.41) is 2.35. The van der Waals surface area contributed by atoms with Crippen molar-refractivity contribution in [3.05, 3.63) is 0 Å². The third-order valence-electron chi connectivity index (χ3n) is 2.24. The second kappa shape index (κ2) is 5.45. The monoisotopic (exact) mass is 205 g/mol. The highest BCUT2D eigenvalue weighted by Gasteiger charge is 2.15. The van der Waals surface area contributed by atoms with Crippen LogP contribution in [0.5, 0.6) is 0 Å². The van der Waals surface area contributed by atoms with Gasteiger partial charge in [-0.25, -0.2) is 0 Å². The maximum absolute atomic E-state index is 11.0. The molecule has 0 aliphatic carbocycles. The largest absolute Gasteiger partial charge is 0.381 e. The zero-order valence-corrected chi connectivity index (χ0v) is 8.64.